The third kappa shape index (κ3) is 6.93. The van der Waals surface area contributed by atoms with E-state index in [9.17, 15) is 23.1 Å². The third-order valence-electron chi connectivity index (χ3n) is 7.98. The highest BCUT2D eigenvalue weighted by atomic mass is 19.4. The maximum absolute atomic E-state index is 14.3. The number of carbonyl (C=O) groups is 1. The van der Waals surface area contributed by atoms with E-state index in [4.69, 9.17) is 9.47 Å². The number of hydrogen-bond acceptors (Lipinski definition) is 4. The van der Waals surface area contributed by atoms with E-state index in [1.165, 1.54) is 18.2 Å². The smallest absolute Gasteiger partial charge is 0.420 e. The van der Waals surface area contributed by atoms with E-state index < -0.39 is 35.6 Å². The predicted octanol–water partition coefficient (Wildman–Crippen LogP) is 7.96. The van der Waals surface area contributed by atoms with E-state index in [1.54, 1.807) is 39.8 Å². The molecule has 0 heterocycles. The molecule has 1 fully saturated rings. The average Bonchev–Trinajstić information content (AvgIpc) is 2.81. The first-order chi connectivity index (χ1) is 17.5. The zero-order valence-corrected chi connectivity index (χ0v) is 23.6. The summed E-state index contributed by atoms with van der Waals surface area (Å²) in [7, 11) is 0. The second kappa shape index (κ2) is 10.9. The summed E-state index contributed by atoms with van der Waals surface area (Å²) in [6, 6.07) is 7.41. The summed E-state index contributed by atoms with van der Waals surface area (Å²) in [5.74, 6) is 0.382. The molecule has 2 aromatic rings. The molecule has 1 aliphatic carbocycles. The Balaban J connectivity index is 1.90. The number of hydrogen-bond donors (Lipinski definition) is 2. The number of fused-ring (bicyclic) bond motifs is 1. The summed E-state index contributed by atoms with van der Waals surface area (Å²) < 4.78 is 54.3. The van der Waals surface area contributed by atoms with Crippen LogP contribution in [0.5, 0.6) is 5.75 Å². The molecule has 0 spiro atoms. The van der Waals surface area contributed by atoms with E-state index in [0.717, 1.165) is 32.1 Å². The summed E-state index contributed by atoms with van der Waals surface area (Å²) in [5.41, 5.74) is -2.13. The van der Waals surface area contributed by atoms with Crippen LogP contribution < -0.4 is 10.1 Å². The Bertz CT molecular complexity index is 1130. The Morgan fingerprint density at radius 2 is 1.63 bits per heavy atom. The number of alkyl halides is 3. The van der Waals surface area contributed by atoms with Crippen LogP contribution in [0.2, 0.25) is 0 Å². The van der Waals surface area contributed by atoms with Crippen LogP contribution in [0.3, 0.4) is 0 Å². The number of aliphatic hydroxyl groups excluding tert-OH is 1. The Morgan fingerprint density at radius 1 is 1.00 bits per heavy atom. The van der Waals surface area contributed by atoms with E-state index in [1.807, 2.05) is 0 Å². The van der Waals surface area contributed by atoms with Gasteiger partial charge in [-0.2, -0.15) is 13.2 Å². The minimum Gasteiger partial charge on any atom is -0.490 e. The number of ether oxygens (including phenoxy) is 2. The van der Waals surface area contributed by atoms with E-state index in [2.05, 4.69) is 26.1 Å². The van der Waals surface area contributed by atoms with Gasteiger partial charge in [-0.25, -0.2) is 4.79 Å². The van der Waals surface area contributed by atoms with Crippen molar-refractivity contribution in [3.63, 3.8) is 0 Å². The highest BCUT2D eigenvalue weighted by Gasteiger charge is 2.39. The molecular formula is C30H42F3NO4. The summed E-state index contributed by atoms with van der Waals surface area (Å²) >= 11 is 0. The second-order valence-corrected chi connectivity index (χ2v) is 12.4. The minimum atomic E-state index is -4.62. The van der Waals surface area contributed by atoms with Gasteiger partial charge in [-0.15, -0.1) is 0 Å². The Labute approximate surface area is 224 Å². The van der Waals surface area contributed by atoms with Gasteiger partial charge in [-0.1, -0.05) is 45.4 Å². The first-order valence-electron chi connectivity index (χ1n) is 13.4. The van der Waals surface area contributed by atoms with Gasteiger partial charge in [0.25, 0.3) is 0 Å². The molecule has 3 rings (SSSR count). The van der Waals surface area contributed by atoms with Crippen LogP contribution in [-0.4, -0.2) is 29.5 Å². The lowest BCUT2D eigenvalue weighted by atomic mass is 9.69. The molecule has 1 amide bonds. The molecule has 2 aromatic carbocycles. The molecule has 0 radical (unpaired) electrons. The van der Waals surface area contributed by atoms with Crippen LogP contribution in [0.15, 0.2) is 30.3 Å². The molecule has 0 unspecified atom stereocenters. The molecule has 1 saturated carbocycles. The molecule has 38 heavy (non-hydrogen) atoms. The SMILES string of the molecule is CCC(C)(C)C1CCC(Oc2ccc3cc([C@](C)(CO)NC(=O)OC(C)(C)C)ccc3c2C(F)(F)F)CC1. The molecule has 0 saturated heterocycles. The number of benzene rings is 2. The first-order valence-corrected chi connectivity index (χ1v) is 13.4. The number of carbonyl (C=O) groups excluding carboxylic acids is 1. The number of amides is 1. The van der Waals surface area contributed by atoms with E-state index in [-0.39, 0.29) is 22.7 Å². The van der Waals surface area contributed by atoms with Gasteiger partial charge in [0, 0.05) is 0 Å². The molecule has 0 aliphatic heterocycles. The lowest BCUT2D eigenvalue weighted by Gasteiger charge is -2.39. The zero-order chi connectivity index (χ0) is 28.5. The lowest BCUT2D eigenvalue weighted by molar-refractivity contribution is -0.138. The maximum Gasteiger partial charge on any atom is 0.420 e. The molecule has 212 valence electrons. The van der Waals surface area contributed by atoms with Crippen LogP contribution in [0.4, 0.5) is 18.0 Å². The van der Waals surface area contributed by atoms with Crippen molar-refractivity contribution < 1.29 is 32.5 Å². The summed E-state index contributed by atoms with van der Waals surface area (Å²) in [4.78, 5) is 12.4. The van der Waals surface area contributed by atoms with Crippen molar-refractivity contribution in [3.05, 3.63) is 41.5 Å². The summed E-state index contributed by atoms with van der Waals surface area (Å²) in [6.07, 6.45) is -1.20. The number of rotatable bonds is 7. The van der Waals surface area contributed by atoms with Gasteiger partial charge in [0.2, 0.25) is 0 Å². The van der Waals surface area contributed by atoms with Gasteiger partial charge in [0.15, 0.2) is 0 Å². The van der Waals surface area contributed by atoms with Gasteiger partial charge in [0.05, 0.1) is 18.2 Å². The quantitative estimate of drug-likeness (QED) is 0.376. The normalized spacial score (nSPS) is 20.6. The van der Waals surface area contributed by atoms with Crippen molar-refractivity contribution in [3.8, 4) is 5.75 Å². The molecular weight excluding hydrogens is 495 g/mol. The van der Waals surface area contributed by atoms with Gasteiger partial charge < -0.3 is 19.9 Å². The van der Waals surface area contributed by atoms with Gasteiger partial charge in [0.1, 0.15) is 16.9 Å². The third-order valence-corrected chi connectivity index (χ3v) is 7.98. The largest absolute Gasteiger partial charge is 0.490 e. The topological polar surface area (TPSA) is 67.8 Å². The molecule has 2 N–H and O–H groups in total. The fraction of sp³-hybridized carbons (Fsp3) is 0.633. The first kappa shape index (κ1) is 30.1. The monoisotopic (exact) mass is 537 g/mol. The molecule has 5 nitrogen and oxygen atoms in total. The molecule has 1 aliphatic rings. The van der Waals surface area contributed by atoms with Crippen molar-refractivity contribution in [2.45, 2.75) is 104 Å². The van der Waals surface area contributed by atoms with Crippen molar-refractivity contribution >= 4 is 16.9 Å². The van der Waals surface area contributed by atoms with Crippen LogP contribution in [0.25, 0.3) is 10.8 Å². The molecule has 0 bridgehead atoms. The average molecular weight is 538 g/mol. The standard InChI is InChI=1S/C30H42F3NO4/c1-8-28(5,6)20-10-13-22(14-11-20)37-24-16-9-19-17-21(12-15-23(19)25(24)30(31,32)33)29(7,18-35)34-26(36)38-27(2,3)4/h9,12,15-17,20,22,35H,8,10-11,13-14,18H2,1-7H3,(H,34,36)/t20?,22?,29-/m0/s1. The Kier molecular flexibility index (Phi) is 8.66. The van der Waals surface area contributed by atoms with E-state index in [0.29, 0.717) is 16.9 Å². The number of alkyl carbamates (subject to hydrolysis) is 1. The Hall–Kier alpha value is -2.48. The second-order valence-electron chi connectivity index (χ2n) is 12.4. The zero-order valence-electron chi connectivity index (χ0n) is 23.6. The Morgan fingerprint density at radius 3 is 2.16 bits per heavy atom. The molecule has 0 aromatic heterocycles. The van der Waals surface area contributed by atoms with Crippen LogP contribution >= 0.6 is 0 Å². The molecule has 8 heteroatoms. The summed E-state index contributed by atoms with van der Waals surface area (Å²) in [6.45, 7) is 13.0. The van der Waals surface area contributed by atoms with Gasteiger partial charge in [-0.3, -0.25) is 0 Å². The minimum absolute atomic E-state index is 0.0112. The predicted molar refractivity (Wildman–Crippen MR) is 143 cm³/mol. The van der Waals surface area contributed by atoms with Crippen molar-refractivity contribution in [1.29, 1.82) is 0 Å². The number of halogens is 3. The van der Waals surface area contributed by atoms with Gasteiger partial charge in [-0.05, 0) is 93.2 Å². The molecule has 1 atom stereocenters. The number of nitrogens with one attached hydrogen (secondary N) is 1. The summed E-state index contributed by atoms with van der Waals surface area (Å²) in [5, 5.41) is 13.1. The number of aliphatic hydroxyl groups is 1. The maximum atomic E-state index is 14.3. The van der Waals surface area contributed by atoms with Crippen molar-refractivity contribution in [1.82, 2.24) is 5.32 Å². The van der Waals surface area contributed by atoms with Crippen molar-refractivity contribution in [2.75, 3.05) is 6.61 Å². The highest BCUT2D eigenvalue weighted by molar-refractivity contribution is 5.89. The fourth-order valence-electron chi connectivity index (χ4n) is 5.21. The van der Waals surface area contributed by atoms with E-state index >= 15 is 0 Å². The van der Waals surface area contributed by atoms with Crippen molar-refractivity contribution in [2.24, 2.45) is 11.3 Å². The van der Waals surface area contributed by atoms with Crippen LogP contribution in [0, 0.1) is 11.3 Å². The fourth-order valence-corrected chi connectivity index (χ4v) is 5.21. The van der Waals surface area contributed by atoms with Crippen LogP contribution in [-0.2, 0) is 16.5 Å². The van der Waals surface area contributed by atoms with Crippen LogP contribution in [0.1, 0.15) is 91.7 Å². The highest BCUT2D eigenvalue weighted by Crippen LogP contribution is 2.45. The lowest BCUT2D eigenvalue weighted by Crippen LogP contribution is -2.48. The van der Waals surface area contributed by atoms with Gasteiger partial charge >= 0.3 is 12.3 Å².